The van der Waals surface area contributed by atoms with Gasteiger partial charge in [-0.2, -0.15) is 0 Å². The number of rotatable bonds is 2. The Morgan fingerprint density at radius 3 is 1.50 bits per heavy atom. The van der Waals surface area contributed by atoms with Gasteiger partial charge in [0.2, 0.25) is 5.96 Å². The number of hydrazine groups is 2. The van der Waals surface area contributed by atoms with E-state index in [4.69, 9.17) is 11.1 Å². The van der Waals surface area contributed by atoms with Gasteiger partial charge in [-0.25, -0.2) is 15.1 Å². The van der Waals surface area contributed by atoms with Crippen LogP contribution in [0.1, 0.15) is 38.5 Å². The van der Waals surface area contributed by atoms with Crippen molar-refractivity contribution in [2.45, 2.75) is 38.5 Å². The number of piperidine rings is 2. The van der Waals surface area contributed by atoms with Crippen molar-refractivity contribution in [1.29, 1.82) is 5.41 Å². The van der Waals surface area contributed by atoms with E-state index in [0.717, 1.165) is 26.2 Å². The summed E-state index contributed by atoms with van der Waals surface area (Å²) in [6, 6.07) is 0. The highest BCUT2D eigenvalue weighted by Crippen LogP contribution is 2.17. The Labute approximate surface area is 97.6 Å². The van der Waals surface area contributed by atoms with Crippen LogP contribution in [0.25, 0.3) is 0 Å². The van der Waals surface area contributed by atoms with Crippen molar-refractivity contribution in [3.05, 3.63) is 0 Å². The van der Waals surface area contributed by atoms with Crippen molar-refractivity contribution in [3.8, 4) is 0 Å². The minimum atomic E-state index is 0.170. The zero-order chi connectivity index (χ0) is 11.4. The molecule has 0 bridgehead atoms. The highest BCUT2D eigenvalue weighted by atomic mass is 15.9. The van der Waals surface area contributed by atoms with Gasteiger partial charge < -0.3 is 5.73 Å². The first-order valence-electron chi connectivity index (χ1n) is 6.43. The van der Waals surface area contributed by atoms with Crippen molar-refractivity contribution in [2.24, 2.45) is 5.73 Å². The van der Waals surface area contributed by atoms with Crippen molar-refractivity contribution in [1.82, 2.24) is 15.1 Å². The number of hydrogen-bond acceptors (Lipinski definition) is 3. The summed E-state index contributed by atoms with van der Waals surface area (Å²) < 4.78 is 0. The number of guanidine groups is 1. The molecule has 5 heteroatoms. The molecule has 2 aliphatic heterocycles. The monoisotopic (exact) mass is 225 g/mol. The molecule has 16 heavy (non-hydrogen) atoms. The fourth-order valence-corrected chi connectivity index (χ4v) is 2.62. The van der Waals surface area contributed by atoms with Gasteiger partial charge in [0.25, 0.3) is 0 Å². The number of nitrogens with one attached hydrogen (secondary N) is 1. The van der Waals surface area contributed by atoms with Gasteiger partial charge in [-0.1, -0.05) is 12.8 Å². The quantitative estimate of drug-likeness (QED) is 0.543. The van der Waals surface area contributed by atoms with Crippen LogP contribution < -0.4 is 5.73 Å². The molecular formula is C11H23N5. The van der Waals surface area contributed by atoms with E-state index in [1.165, 1.54) is 38.5 Å². The van der Waals surface area contributed by atoms with E-state index in [1.807, 2.05) is 5.12 Å². The van der Waals surface area contributed by atoms with Crippen LogP contribution in [-0.4, -0.2) is 47.3 Å². The van der Waals surface area contributed by atoms with Crippen molar-refractivity contribution < 1.29 is 0 Å². The molecule has 2 aliphatic rings. The molecule has 0 saturated carbocycles. The van der Waals surface area contributed by atoms with Gasteiger partial charge in [-0.3, -0.25) is 5.41 Å². The highest BCUT2D eigenvalue weighted by Gasteiger charge is 2.26. The molecule has 5 nitrogen and oxygen atoms in total. The Balaban J connectivity index is 1.99. The first-order valence-corrected chi connectivity index (χ1v) is 6.43. The van der Waals surface area contributed by atoms with E-state index in [1.54, 1.807) is 0 Å². The van der Waals surface area contributed by atoms with Crippen LogP contribution >= 0.6 is 0 Å². The standard InChI is InChI=1S/C11H23N5/c12-11(13)16(14-7-3-1-4-8-14)15-9-5-2-6-10-15/h1-10H2,(H3,12,13). The summed E-state index contributed by atoms with van der Waals surface area (Å²) in [5.41, 5.74) is 5.72. The van der Waals surface area contributed by atoms with Crippen LogP contribution in [-0.2, 0) is 0 Å². The van der Waals surface area contributed by atoms with Crippen LogP contribution in [0.15, 0.2) is 0 Å². The Hall–Kier alpha value is -0.810. The molecule has 2 saturated heterocycles. The number of hydrogen-bond donors (Lipinski definition) is 2. The lowest BCUT2D eigenvalue weighted by Gasteiger charge is -2.45. The molecule has 0 unspecified atom stereocenters. The molecule has 0 atom stereocenters. The summed E-state index contributed by atoms with van der Waals surface area (Å²) in [6.07, 6.45) is 7.50. The Morgan fingerprint density at radius 2 is 1.19 bits per heavy atom. The second-order valence-corrected chi connectivity index (χ2v) is 4.70. The van der Waals surface area contributed by atoms with Crippen LogP contribution in [0.5, 0.6) is 0 Å². The summed E-state index contributed by atoms with van der Waals surface area (Å²) in [6.45, 7) is 4.15. The normalized spacial score (nSPS) is 24.2. The van der Waals surface area contributed by atoms with Gasteiger partial charge in [-0.15, -0.1) is 0 Å². The second-order valence-electron chi connectivity index (χ2n) is 4.70. The molecule has 0 aromatic rings. The minimum absolute atomic E-state index is 0.170. The number of nitrogens with two attached hydrogens (primary N) is 1. The predicted molar refractivity (Wildman–Crippen MR) is 64.6 cm³/mol. The van der Waals surface area contributed by atoms with E-state index < -0.39 is 0 Å². The van der Waals surface area contributed by atoms with Crippen LogP contribution in [0, 0.1) is 5.41 Å². The van der Waals surface area contributed by atoms with Gasteiger partial charge in [0.05, 0.1) is 0 Å². The smallest absolute Gasteiger partial charge is 0.218 e. The fourth-order valence-electron chi connectivity index (χ4n) is 2.62. The SMILES string of the molecule is N=C(N)N(N1CCCCC1)N1CCCCC1. The van der Waals surface area contributed by atoms with Gasteiger partial charge in [0.1, 0.15) is 0 Å². The maximum atomic E-state index is 7.74. The summed E-state index contributed by atoms with van der Waals surface area (Å²) in [4.78, 5) is 0. The maximum Gasteiger partial charge on any atom is 0.218 e. The second kappa shape index (κ2) is 5.50. The van der Waals surface area contributed by atoms with Crippen LogP contribution in [0.4, 0.5) is 0 Å². The third-order valence-electron chi connectivity index (χ3n) is 3.42. The first-order chi connectivity index (χ1) is 7.79. The van der Waals surface area contributed by atoms with Crippen molar-refractivity contribution >= 4 is 5.96 Å². The lowest BCUT2D eigenvalue weighted by Crippen LogP contribution is -2.60. The Kier molecular flexibility index (Phi) is 4.01. The topological polar surface area (TPSA) is 59.6 Å². The first kappa shape index (κ1) is 11.7. The van der Waals surface area contributed by atoms with Gasteiger partial charge in [0.15, 0.2) is 0 Å². The molecule has 0 amide bonds. The van der Waals surface area contributed by atoms with Crippen molar-refractivity contribution in [3.63, 3.8) is 0 Å². The van der Waals surface area contributed by atoms with E-state index in [2.05, 4.69) is 10.0 Å². The summed E-state index contributed by atoms with van der Waals surface area (Å²) in [5, 5.41) is 14.1. The Morgan fingerprint density at radius 1 is 0.812 bits per heavy atom. The van der Waals surface area contributed by atoms with Crippen LogP contribution in [0.3, 0.4) is 0 Å². The van der Waals surface area contributed by atoms with Crippen LogP contribution in [0.2, 0.25) is 0 Å². The summed E-state index contributed by atoms with van der Waals surface area (Å²) in [7, 11) is 0. The molecule has 0 spiro atoms. The molecule has 2 fully saturated rings. The third-order valence-corrected chi connectivity index (χ3v) is 3.42. The molecule has 0 aromatic carbocycles. The van der Waals surface area contributed by atoms with E-state index in [0.29, 0.717) is 0 Å². The molecule has 0 aromatic heterocycles. The lowest BCUT2D eigenvalue weighted by atomic mass is 10.1. The van der Waals surface area contributed by atoms with E-state index in [9.17, 15) is 0 Å². The zero-order valence-corrected chi connectivity index (χ0v) is 9.99. The highest BCUT2D eigenvalue weighted by molar-refractivity contribution is 5.73. The van der Waals surface area contributed by atoms with Gasteiger partial charge in [0, 0.05) is 26.2 Å². The maximum absolute atomic E-state index is 7.74. The van der Waals surface area contributed by atoms with E-state index >= 15 is 0 Å². The molecule has 92 valence electrons. The van der Waals surface area contributed by atoms with E-state index in [-0.39, 0.29) is 5.96 Å². The van der Waals surface area contributed by atoms with Gasteiger partial charge in [-0.05, 0) is 25.7 Å². The average Bonchev–Trinajstić information content (AvgIpc) is 2.31. The molecule has 3 N–H and O–H groups in total. The zero-order valence-electron chi connectivity index (χ0n) is 9.99. The molecular weight excluding hydrogens is 202 g/mol. The molecule has 2 rings (SSSR count). The average molecular weight is 225 g/mol. The number of nitrogens with zero attached hydrogens (tertiary/aromatic N) is 3. The van der Waals surface area contributed by atoms with Crippen molar-refractivity contribution in [2.75, 3.05) is 26.2 Å². The Bertz CT molecular complexity index is 213. The minimum Gasteiger partial charge on any atom is -0.368 e. The largest absolute Gasteiger partial charge is 0.368 e. The fraction of sp³-hybridized carbons (Fsp3) is 0.909. The lowest BCUT2D eigenvalue weighted by molar-refractivity contribution is -0.142. The predicted octanol–water partition coefficient (Wildman–Crippen LogP) is 0.984. The molecule has 0 aliphatic carbocycles. The summed E-state index contributed by atoms with van der Waals surface area (Å²) >= 11 is 0. The summed E-state index contributed by atoms with van der Waals surface area (Å²) in [5.74, 6) is 0.170. The van der Waals surface area contributed by atoms with Gasteiger partial charge >= 0.3 is 0 Å². The molecule has 2 heterocycles. The molecule has 0 radical (unpaired) electrons. The third kappa shape index (κ3) is 2.65.